The fourth-order valence-corrected chi connectivity index (χ4v) is 2.59. The van der Waals surface area contributed by atoms with Crippen molar-refractivity contribution in [1.29, 1.82) is 0 Å². The molecule has 0 aliphatic carbocycles. The quantitative estimate of drug-likeness (QED) is 0.816. The number of hydrogen-bond donors (Lipinski definition) is 1. The molecule has 0 unspecified atom stereocenters. The van der Waals surface area contributed by atoms with E-state index >= 15 is 0 Å². The van der Waals surface area contributed by atoms with Gasteiger partial charge in [-0.1, -0.05) is 44.5 Å². The van der Waals surface area contributed by atoms with Crippen molar-refractivity contribution in [3.05, 3.63) is 34.9 Å². The monoisotopic (exact) mass is 289 g/mol. The highest BCUT2D eigenvalue weighted by Gasteiger charge is 2.24. The molecule has 0 saturated heterocycles. The van der Waals surface area contributed by atoms with Gasteiger partial charge < -0.3 is 5.32 Å². The van der Waals surface area contributed by atoms with E-state index in [0.29, 0.717) is 5.41 Å². The minimum Gasteiger partial charge on any atom is -0.308 e. The van der Waals surface area contributed by atoms with Crippen LogP contribution in [0.5, 0.6) is 0 Å². The van der Waals surface area contributed by atoms with Gasteiger partial charge in [-0.15, -0.1) is 12.4 Å². The van der Waals surface area contributed by atoms with Gasteiger partial charge in [-0.05, 0) is 43.4 Å². The Bertz CT molecular complexity index is 367. The maximum Gasteiger partial charge on any atom is 0.0409 e. The lowest BCUT2D eigenvalue weighted by molar-refractivity contribution is 0.241. The predicted octanol–water partition coefficient (Wildman–Crippen LogP) is 5.07. The third-order valence-corrected chi connectivity index (χ3v) is 2.87. The van der Waals surface area contributed by atoms with Crippen molar-refractivity contribution in [2.75, 3.05) is 0 Å². The van der Waals surface area contributed by atoms with E-state index in [2.05, 4.69) is 46.0 Å². The summed E-state index contributed by atoms with van der Waals surface area (Å²) >= 11 is 5.97. The van der Waals surface area contributed by atoms with E-state index < -0.39 is 0 Å². The summed E-state index contributed by atoms with van der Waals surface area (Å²) in [4.78, 5) is 0. The summed E-state index contributed by atoms with van der Waals surface area (Å²) in [5.41, 5.74) is 1.71. The Balaban J connectivity index is 0.00000289. The van der Waals surface area contributed by atoms with Gasteiger partial charge in [0.05, 0.1) is 0 Å². The second-order valence-electron chi connectivity index (χ2n) is 6.60. The van der Waals surface area contributed by atoms with Crippen LogP contribution in [0.1, 0.15) is 46.6 Å². The standard InChI is InChI=1S/C15H24ClN.ClH/c1-14(2,3)11-15(4,5)17-10-12-7-6-8-13(16)9-12;/h6-9,17H,10-11H2,1-5H3;1H. The lowest BCUT2D eigenvalue weighted by Gasteiger charge is -2.33. The van der Waals surface area contributed by atoms with Crippen LogP contribution in [0.25, 0.3) is 0 Å². The molecule has 0 saturated carbocycles. The van der Waals surface area contributed by atoms with Crippen LogP contribution in [-0.4, -0.2) is 5.54 Å². The van der Waals surface area contributed by atoms with Crippen molar-refractivity contribution in [2.45, 2.75) is 53.1 Å². The van der Waals surface area contributed by atoms with Crippen molar-refractivity contribution in [3.63, 3.8) is 0 Å². The molecule has 0 aliphatic rings. The molecule has 0 atom stereocenters. The van der Waals surface area contributed by atoms with Crippen LogP contribution in [0.3, 0.4) is 0 Å². The van der Waals surface area contributed by atoms with Crippen molar-refractivity contribution in [1.82, 2.24) is 5.32 Å². The predicted molar refractivity (Wildman–Crippen MR) is 83.7 cm³/mol. The highest BCUT2D eigenvalue weighted by Crippen LogP contribution is 2.27. The van der Waals surface area contributed by atoms with Gasteiger partial charge in [0.2, 0.25) is 0 Å². The lowest BCUT2D eigenvalue weighted by atomic mass is 9.82. The number of nitrogens with one attached hydrogen (secondary N) is 1. The highest BCUT2D eigenvalue weighted by molar-refractivity contribution is 6.30. The Morgan fingerprint density at radius 1 is 1.11 bits per heavy atom. The molecule has 1 N–H and O–H groups in total. The first-order valence-corrected chi connectivity index (χ1v) is 6.55. The van der Waals surface area contributed by atoms with Gasteiger partial charge in [0.1, 0.15) is 0 Å². The van der Waals surface area contributed by atoms with Gasteiger partial charge >= 0.3 is 0 Å². The second-order valence-corrected chi connectivity index (χ2v) is 7.04. The fourth-order valence-electron chi connectivity index (χ4n) is 2.38. The Morgan fingerprint density at radius 3 is 2.22 bits per heavy atom. The molecule has 0 aliphatic heterocycles. The normalized spacial score (nSPS) is 12.1. The zero-order chi connectivity index (χ0) is 13.1. The fraction of sp³-hybridized carbons (Fsp3) is 0.600. The number of rotatable bonds is 4. The zero-order valence-electron chi connectivity index (χ0n) is 12.0. The lowest BCUT2D eigenvalue weighted by Crippen LogP contribution is -2.41. The van der Waals surface area contributed by atoms with Gasteiger partial charge in [0.15, 0.2) is 0 Å². The van der Waals surface area contributed by atoms with Crippen LogP contribution in [-0.2, 0) is 6.54 Å². The molecule has 1 nitrogen and oxygen atoms in total. The summed E-state index contributed by atoms with van der Waals surface area (Å²) in [5, 5.41) is 4.40. The molecule has 3 heteroatoms. The third kappa shape index (κ3) is 7.25. The smallest absolute Gasteiger partial charge is 0.0409 e. The molecule has 18 heavy (non-hydrogen) atoms. The van der Waals surface area contributed by atoms with Crippen LogP contribution >= 0.6 is 24.0 Å². The van der Waals surface area contributed by atoms with Crippen LogP contribution < -0.4 is 5.32 Å². The number of halogens is 2. The summed E-state index contributed by atoms with van der Waals surface area (Å²) in [7, 11) is 0. The van der Waals surface area contributed by atoms with Gasteiger partial charge in [0.25, 0.3) is 0 Å². The van der Waals surface area contributed by atoms with E-state index in [1.807, 2.05) is 18.2 Å². The van der Waals surface area contributed by atoms with Gasteiger partial charge in [-0.3, -0.25) is 0 Å². The molecule has 0 spiro atoms. The molecule has 0 fully saturated rings. The van der Waals surface area contributed by atoms with Crippen LogP contribution in [0.4, 0.5) is 0 Å². The first-order chi connectivity index (χ1) is 7.68. The molecule has 1 aromatic rings. The molecule has 1 rings (SSSR count). The summed E-state index contributed by atoms with van der Waals surface area (Å²) in [6.45, 7) is 12.2. The van der Waals surface area contributed by atoms with Crippen LogP contribution in [0.2, 0.25) is 5.02 Å². The van der Waals surface area contributed by atoms with E-state index in [0.717, 1.165) is 18.0 Å². The summed E-state index contributed by atoms with van der Waals surface area (Å²) in [5.74, 6) is 0. The van der Waals surface area contributed by atoms with Crippen molar-refractivity contribution < 1.29 is 0 Å². The molecular weight excluding hydrogens is 265 g/mol. The summed E-state index contributed by atoms with van der Waals surface area (Å²) < 4.78 is 0. The van der Waals surface area contributed by atoms with Gasteiger partial charge in [-0.25, -0.2) is 0 Å². The van der Waals surface area contributed by atoms with E-state index in [1.54, 1.807) is 0 Å². The average Bonchev–Trinajstić information content (AvgIpc) is 2.11. The van der Waals surface area contributed by atoms with E-state index in [1.165, 1.54) is 5.56 Å². The third-order valence-electron chi connectivity index (χ3n) is 2.63. The Labute approximate surface area is 123 Å². The van der Waals surface area contributed by atoms with Gasteiger partial charge in [-0.2, -0.15) is 0 Å². The second kappa shape index (κ2) is 6.79. The Hall–Kier alpha value is -0.240. The minimum atomic E-state index is 0. The highest BCUT2D eigenvalue weighted by atomic mass is 35.5. The largest absolute Gasteiger partial charge is 0.308 e. The summed E-state index contributed by atoms with van der Waals surface area (Å²) in [6.07, 6.45) is 1.14. The molecular formula is C15H25Cl2N. The van der Waals surface area contributed by atoms with Crippen molar-refractivity contribution >= 4 is 24.0 Å². The number of benzene rings is 1. The average molecular weight is 290 g/mol. The van der Waals surface area contributed by atoms with Crippen LogP contribution in [0.15, 0.2) is 24.3 Å². The SMILES string of the molecule is CC(C)(C)CC(C)(C)NCc1cccc(Cl)c1.Cl. The van der Waals surface area contributed by atoms with Gasteiger partial charge in [0, 0.05) is 17.1 Å². The first-order valence-electron chi connectivity index (χ1n) is 6.17. The van der Waals surface area contributed by atoms with Crippen molar-refractivity contribution in [3.8, 4) is 0 Å². The first kappa shape index (κ1) is 17.8. The van der Waals surface area contributed by atoms with E-state index in [9.17, 15) is 0 Å². The van der Waals surface area contributed by atoms with Crippen LogP contribution in [0, 0.1) is 5.41 Å². The maximum atomic E-state index is 5.97. The molecule has 0 aromatic heterocycles. The Kier molecular flexibility index (Phi) is 6.70. The molecule has 1 aromatic carbocycles. The zero-order valence-corrected chi connectivity index (χ0v) is 13.6. The number of hydrogen-bond acceptors (Lipinski definition) is 1. The maximum absolute atomic E-state index is 5.97. The summed E-state index contributed by atoms with van der Waals surface area (Å²) in [6, 6.07) is 8.02. The topological polar surface area (TPSA) is 12.0 Å². The molecule has 0 radical (unpaired) electrons. The molecule has 0 bridgehead atoms. The molecule has 104 valence electrons. The Morgan fingerprint density at radius 2 is 1.72 bits per heavy atom. The molecule has 0 amide bonds. The van der Waals surface area contributed by atoms with E-state index in [-0.39, 0.29) is 17.9 Å². The van der Waals surface area contributed by atoms with Crippen molar-refractivity contribution in [2.24, 2.45) is 5.41 Å². The van der Waals surface area contributed by atoms with E-state index in [4.69, 9.17) is 11.6 Å². The molecule has 0 heterocycles. The minimum absolute atomic E-state index is 0.